The molecule has 1 amide bonds. The van der Waals surface area contributed by atoms with Crippen LogP contribution < -0.4 is 5.32 Å². The standard InChI is InChI=1S/C11H12F3NO2/c1-7(17-2)10(16)15-9-5-3-4-8(6-9)11(12,13)14/h3-7H,1-2H3,(H,15,16). The van der Waals surface area contributed by atoms with E-state index >= 15 is 0 Å². The highest BCUT2D eigenvalue weighted by Crippen LogP contribution is 2.30. The second-order valence-corrected chi connectivity index (χ2v) is 3.45. The Bertz CT molecular complexity index is 404. The van der Waals surface area contributed by atoms with Gasteiger partial charge in [-0.05, 0) is 25.1 Å². The zero-order chi connectivity index (χ0) is 13.1. The quantitative estimate of drug-likeness (QED) is 0.891. The first kappa shape index (κ1) is 13.5. The van der Waals surface area contributed by atoms with Gasteiger partial charge in [0.2, 0.25) is 0 Å². The zero-order valence-electron chi connectivity index (χ0n) is 9.34. The van der Waals surface area contributed by atoms with Crippen molar-refractivity contribution in [2.75, 3.05) is 12.4 Å². The Morgan fingerprint density at radius 2 is 2.06 bits per heavy atom. The maximum absolute atomic E-state index is 12.4. The molecule has 1 aromatic rings. The van der Waals surface area contributed by atoms with Crippen LogP contribution in [0.1, 0.15) is 12.5 Å². The molecule has 1 N–H and O–H groups in total. The molecule has 0 saturated heterocycles. The van der Waals surface area contributed by atoms with Gasteiger partial charge < -0.3 is 10.1 Å². The van der Waals surface area contributed by atoms with Crippen LogP contribution in [0.4, 0.5) is 18.9 Å². The van der Waals surface area contributed by atoms with Crippen LogP contribution in [0.25, 0.3) is 0 Å². The Labute approximate surface area is 96.6 Å². The number of alkyl halides is 3. The summed E-state index contributed by atoms with van der Waals surface area (Å²) in [5, 5.41) is 2.34. The number of rotatable bonds is 3. The molecule has 1 aromatic carbocycles. The van der Waals surface area contributed by atoms with Crippen molar-refractivity contribution in [2.24, 2.45) is 0 Å². The number of methoxy groups -OCH3 is 1. The van der Waals surface area contributed by atoms with Crippen molar-refractivity contribution in [3.8, 4) is 0 Å². The van der Waals surface area contributed by atoms with Crippen LogP contribution in [-0.4, -0.2) is 19.1 Å². The Morgan fingerprint density at radius 3 is 2.59 bits per heavy atom. The predicted octanol–water partition coefficient (Wildman–Crippen LogP) is 2.68. The molecule has 0 spiro atoms. The Kier molecular flexibility index (Phi) is 4.11. The van der Waals surface area contributed by atoms with Crippen molar-refractivity contribution < 1.29 is 22.7 Å². The van der Waals surface area contributed by atoms with E-state index in [9.17, 15) is 18.0 Å². The summed E-state index contributed by atoms with van der Waals surface area (Å²) in [4.78, 5) is 11.4. The van der Waals surface area contributed by atoms with E-state index < -0.39 is 23.8 Å². The van der Waals surface area contributed by atoms with E-state index in [0.717, 1.165) is 12.1 Å². The van der Waals surface area contributed by atoms with Gasteiger partial charge in [0, 0.05) is 12.8 Å². The Balaban J connectivity index is 2.83. The molecule has 0 aliphatic carbocycles. The normalized spacial score (nSPS) is 13.2. The highest BCUT2D eigenvalue weighted by atomic mass is 19.4. The molecule has 0 bridgehead atoms. The number of carbonyl (C=O) groups excluding carboxylic acids is 1. The summed E-state index contributed by atoms with van der Waals surface area (Å²) in [7, 11) is 1.34. The minimum atomic E-state index is -4.42. The van der Waals surface area contributed by atoms with Gasteiger partial charge in [-0.25, -0.2) is 0 Å². The van der Waals surface area contributed by atoms with Crippen molar-refractivity contribution in [3.63, 3.8) is 0 Å². The van der Waals surface area contributed by atoms with Crippen LogP contribution >= 0.6 is 0 Å². The number of anilines is 1. The number of ether oxygens (including phenoxy) is 1. The summed E-state index contributed by atoms with van der Waals surface area (Å²) in [6.45, 7) is 1.50. The summed E-state index contributed by atoms with van der Waals surface area (Å²) in [5.41, 5.74) is -0.714. The van der Waals surface area contributed by atoms with Gasteiger partial charge in [-0.15, -0.1) is 0 Å². The van der Waals surface area contributed by atoms with E-state index in [1.165, 1.54) is 26.2 Å². The smallest absolute Gasteiger partial charge is 0.372 e. The van der Waals surface area contributed by atoms with Crippen molar-refractivity contribution in [1.82, 2.24) is 0 Å². The topological polar surface area (TPSA) is 38.3 Å². The zero-order valence-corrected chi connectivity index (χ0v) is 9.34. The number of hydrogen-bond donors (Lipinski definition) is 1. The SMILES string of the molecule is COC(C)C(=O)Nc1cccc(C(F)(F)F)c1. The van der Waals surface area contributed by atoms with Crippen LogP contribution in [0.3, 0.4) is 0 Å². The summed E-state index contributed by atoms with van der Waals surface area (Å²) < 4.78 is 41.9. The molecule has 0 fully saturated rings. The molecule has 1 unspecified atom stereocenters. The Morgan fingerprint density at radius 1 is 1.41 bits per heavy atom. The second-order valence-electron chi connectivity index (χ2n) is 3.45. The fourth-order valence-electron chi connectivity index (χ4n) is 1.12. The number of hydrogen-bond acceptors (Lipinski definition) is 2. The molecule has 94 valence electrons. The van der Waals surface area contributed by atoms with Gasteiger partial charge in [-0.3, -0.25) is 4.79 Å². The average molecular weight is 247 g/mol. The molecule has 1 atom stereocenters. The third kappa shape index (κ3) is 3.74. The largest absolute Gasteiger partial charge is 0.416 e. The summed E-state index contributed by atoms with van der Waals surface area (Å²) >= 11 is 0. The number of carbonyl (C=O) groups is 1. The van der Waals surface area contributed by atoms with E-state index in [-0.39, 0.29) is 5.69 Å². The van der Waals surface area contributed by atoms with Crippen molar-refractivity contribution >= 4 is 11.6 Å². The van der Waals surface area contributed by atoms with E-state index in [4.69, 9.17) is 4.74 Å². The summed E-state index contributed by atoms with van der Waals surface area (Å²) in [6, 6.07) is 4.43. The molecular formula is C11H12F3NO2. The maximum Gasteiger partial charge on any atom is 0.416 e. The first-order chi connectivity index (χ1) is 7.84. The minimum absolute atomic E-state index is 0.0914. The fourth-order valence-corrected chi connectivity index (χ4v) is 1.12. The monoisotopic (exact) mass is 247 g/mol. The number of benzene rings is 1. The Hall–Kier alpha value is -1.56. The molecule has 0 aromatic heterocycles. The lowest BCUT2D eigenvalue weighted by atomic mass is 10.2. The van der Waals surface area contributed by atoms with E-state index in [1.807, 2.05) is 0 Å². The third-order valence-corrected chi connectivity index (χ3v) is 2.18. The molecular weight excluding hydrogens is 235 g/mol. The third-order valence-electron chi connectivity index (χ3n) is 2.18. The number of amides is 1. The molecule has 0 saturated carbocycles. The van der Waals surface area contributed by atoms with Crippen LogP contribution in [0, 0.1) is 0 Å². The highest BCUT2D eigenvalue weighted by molar-refractivity contribution is 5.93. The first-order valence-corrected chi connectivity index (χ1v) is 4.85. The van der Waals surface area contributed by atoms with Gasteiger partial charge in [0.1, 0.15) is 6.10 Å². The van der Waals surface area contributed by atoms with Gasteiger partial charge >= 0.3 is 6.18 Å². The van der Waals surface area contributed by atoms with Crippen molar-refractivity contribution in [1.29, 1.82) is 0 Å². The molecule has 17 heavy (non-hydrogen) atoms. The fraction of sp³-hybridized carbons (Fsp3) is 0.364. The predicted molar refractivity (Wildman–Crippen MR) is 56.5 cm³/mol. The maximum atomic E-state index is 12.4. The van der Waals surface area contributed by atoms with E-state index in [0.29, 0.717) is 0 Å². The molecule has 0 aliphatic heterocycles. The van der Waals surface area contributed by atoms with Gasteiger partial charge in [0.15, 0.2) is 0 Å². The van der Waals surface area contributed by atoms with Gasteiger partial charge in [0.05, 0.1) is 5.56 Å². The van der Waals surface area contributed by atoms with Crippen LogP contribution in [0.15, 0.2) is 24.3 Å². The van der Waals surface area contributed by atoms with Crippen molar-refractivity contribution in [3.05, 3.63) is 29.8 Å². The van der Waals surface area contributed by atoms with Gasteiger partial charge in [-0.2, -0.15) is 13.2 Å². The minimum Gasteiger partial charge on any atom is -0.372 e. The number of nitrogens with one attached hydrogen (secondary N) is 1. The van der Waals surface area contributed by atoms with Crippen LogP contribution in [0.5, 0.6) is 0 Å². The summed E-state index contributed by atoms with van der Waals surface area (Å²) in [6.07, 6.45) is -5.14. The van der Waals surface area contributed by atoms with Crippen molar-refractivity contribution in [2.45, 2.75) is 19.2 Å². The van der Waals surface area contributed by atoms with Crippen LogP contribution in [-0.2, 0) is 15.7 Å². The molecule has 6 heteroatoms. The summed E-state index contributed by atoms with van der Waals surface area (Å²) in [5.74, 6) is -0.494. The number of halogens is 3. The molecule has 3 nitrogen and oxygen atoms in total. The second kappa shape index (κ2) is 5.18. The lowest BCUT2D eigenvalue weighted by molar-refractivity contribution is -0.137. The molecule has 1 rings (SSSR count). The molecule has 0 heterocycles. The first-order valence-electron chi connectivity index (χ1n) is 4.85. The lowest BCUT2D eigenvalue weighted by Crippen LogP contribution is -2.26. The van der Waals surface area contributed by atoms with Crippen LogP contribution in [0.2, 0.25) is 0 Å². The van der Waals surface area contributed by atoms with E-state index in [1.54, 1.807) is 0 Å². The molecule has 0 radical (unpaired) electrons. The van der Waals surface area contributed by atoms with Gasteiger partial charge in [0.25, 0.3) is 5.91 Å². The highest BCUT2D eigenvalue weighted by Gasteiger charge is 2.30. The van der Waals surface area contributed by atoms with E-state index in [2.05, 4.69) is 5.32 Å². The lowest BCUT2D eigenvalue weighted by Gasteiger charge is -2.12. The average Bonchev–Trinajstić information content (AvgIpc) is 2.27. The molecule has 0 aliphatic rings. The van der Waals surface area contributed by atoms with Gasteiger partial charge in [-0.1, -0.05) is 6.07 Å².